The zero-order chi connectivity index (χ0) is 17.6. The molecule has 0 aliphatic carbocycles. The lowest BCUT2D eigenvalue weighted by molar-refractivity contribution is -0.129. The number of hydrogen-bond acceptors (Lipinski definition) is 5. The molecule has 2 saturated heterocycles. The Bertz CT molecular complexity index is 802. The summed E-state index contributed by atoms with van der Waals surface area (Å²) in [5.41, 5.74) is 2.07. The summed E-state index contributed by atoms with van der Waals surface area (Å²) in [4.78, 5) is 25.9. The van der Waals surface area contributed by atoms with Crippen LogP contribution in [0.5, 0.6) is 0 Å². The molecule has 0 saturated carbocycles. The van der Waals surface area contributed by atoms with E-state index in [-0.39, 0.29) is 11.3 Å². The van der Waals surface area contributed by atoms with Crippen molar-refractivity contribution in [1.82, 2.24) is 24.6 Å². The van der Waals surface area contributed by atoms with Gasteiger partial charge in [-0.3, -0.25) is 9.48 Å². The minimum atomic E-state index is 0.109. The second-order valence-electron chi connectivity index (χ2n) is 7.70. The molecule has 2 atom stereocenters. The lowest BCUT2D eigenvalue weighted by Gasteiger charge is -2.25. The number of amides is 1. The van der Waals surface area contributed by atoms with E-state index >= 15 is 0 Å². The Morgan fingerprint density at radius 1 is 1.36 bits per heavy atom. The molecule has 0 N–H and O–H groups in total. The van der Waals surface area contributed by atoms with Crippen LogP contribution >= 0.6 is 0 Å². The summed E-state index contributed by atoms with van der Waals surface area (Å²) in [6.45, 7) is 7.71. The van der Waals surface area contributed by atoms with Crippen LogP contribution in [0.4, 0.5) is 5.95 Å². The summed E-state index contributed by atoms with van der Waals surface area (Å²) in [7, 11) is 1.87. The Kier molecular flexibility index (Phi) is 3.74. The number of carbonyl (C=O) groups is 1. The van der Waals surface area contributed by atoms with Crippen molar-refractivity contribution in [2.24, 2.45) is 18.4 Å². The SMILES string of the molecule is Cc1ccnc(N2C[C@@H]3CN(C(=O)Cc4cnn(C)c4)C[C@]3(C)C2)n1. The molecule has 2 aromatic heterocycles. The third-order valence-corrected chi connectivity index (χ3v) is 5.50. The normalized spacial score (nSPS) is 25.5. The molecular formula is C18H24N6O. The molecule has 1 amide bonds. The molecule has 7 nitrogen and oxygen atoms in total. The first kappa shape index (κ1) is 16.1. The van der Waals surface area contributed by atoms with Gasteiger partial charge >= 0.3 is 0 Å². The highest BCUT2D eigenvalue weighted by Crippen LogP contribution is 2.43. The first-order valence-electron chi connectivity index (χ1n) is 8.73. The second-order valence-corrected chi connectivity index (χ2v) is 7.70. The molecule has 4 heterocycles. The van der Waals surface area contributed by atoms with Crippen LogP contribution in [0.25, 0.3) is 0 Å². The molecule has 2 aromatic rings. The Balaban J connectivity index is 1.42. The van der Waals surface area contributed by atoms with E-state index in [1.807, 2.05) is 37.3 Å². The molecule has 4 rings (SSSR count). The van der Waals surface area contributed by atoms with Gasteiger partial charge in [0.25, 0.3) is 0 Å². The van der Waals surface area contributed by atoms with Crippen LogP contribution in [0, 0.1) is 18.3 Å². The zero-order valence-corrected chi connectivity index (χ0v) is 15.0. The van der Waals surface area contributed by atoms with Gasteiger partial charge < -0.3 is 9.80 Å². The van der Waals surface area contributed by atoms with Crippen LogP contribution in [-0.2, 0) is 18.3 Å². The van der Waals surface area contributed by atoms with Crippen LogP contribution in [0.2, 0.25) is 0 Å². The number of rotatable bonds is 3. The maximum absolute atomic E-state index is 12.6. The smallest absolute Gasteiger partial charge is 0.227 e. The number of aromatic nitrogens is 4. The average molecular weight is 340 g/mol. The summed E-state index contributed by atoms with van der Waals surface area (Å²) in [6, 6.07) is 1.92. The highest BCUT2D eigenvalue weighted by atomic mass is 16.2. The van der Waals surface area contributed by atoms with Crippen molar-refractivity contribution in [3.05, 3.63) is 35.9 Å². The van der Waals surface area contributed by atoms with Crippen molar-refractivity contribution in [2.45, 2.75) is 20.3 Å². The van der Waals surface area contributed by atoms with E-state index in [1.165, 1.54) is 0 Å². The van der Waals surface area contributed by atoms with Gasteiger partial charge in [0.1, 0.15) is 0 Å². The van der Waals surface area contributed by atoms with Crippen molar-refractivity contribution in [1.29, 1.82) is 0 Å². The molecule has 0 spiro atoms. The summed E-state index contributed by atoms with van der Waals surface area (Å²) in [5.74, 6) is 1.47. The summed E-state index contributed by atoms with van der Waals surface area (Å²) < 4.78 is 1.74. The molecule has 0 unspecified atom stereocenters. The van der Waals surface area contributed by atoms with Gasteiger partial charge in [0.05, 0.1) is 12.6 Å². The molecule has 2 aliphatic heterocycles. The van der Waals surface area contributed by atoms with E-state index in [9.17, 15) is 4.79 Å². The van der Waals surface area contributed by atoms with Gasteiger partial charge in [-0.25, -0.2) is 9.97 Å². The number of likely N-dealkylation sites (tertiary alicyclic amines) is 1. The van der Waals surface area contributed by atoms with Crippen molar-refractivity contribution in [3.63, 3.8) is 0 Å². The van der Waals surface area contributed by atoms with Gasteiger partial charge in [-0.2, -0.15) is 5.10 Å². The highest BCUT2D eigenvalue weighted by Gasteiger charge is 2.50. The summed E-state index contributed by atoms with van der Waals surface area (Å²) in [5, 5.41) is 4.14. The van der Waals surface area contributed by atoms with Crippen LogP contribution < -0.4 is 4.90 Å². The van der Waals surface area contributed by atoms with Crippen molar-refractivity contribution in [2.75, 3.05) is 31.1 Å². The fourth-order valence-electron chi connectivity index (χ4n) is 4.12. The predicted octanol–water partition coefficient (Wildman–Crippen LogP) is 1.05. The van der Waals surface area contributed by atoms with Crippen LogP contribution in [0.15, 0.2) is 24.7 Å². The molecule has 0 bridgehead atoms. The van der Waals surface area contributed by atoms with Crippen molar-refractivity contribution >= 4 is 11.9 Å². The first-order valence-corrected chi connectivity index (χ1v) is 8.73. The van der Waals surface area contributed by atoms with E-state index in [0.29, 0.717) is 12.3 Å². The van der Waals surface area contributed by atoms with Crippen molar-refractivity contribution in [3.8, 4) is 0 Å². The zero-order valence-electron chi connectivity index (χ0n) is 15.0. The average Bonchev–Trinajstić information content (AvgIpc) is 3.19. The summed E-state index contributed by atoms with van der Waals surface area (Å²) >= 11 is 0. The van der Waals surface area contributed by atoms with Crippen molar-refractivity contribution < 1.29 is 4.79 Å². The number of hydrogen-bond donors (Lipinski definition) is 0. The fourth-order valence-corrected chi connectivity index (χ4v) is 4.12. The lowest BCUT2D eigenvalue weighted by Crippen LogP contribution is -2.36. The van der Waals surface area contributed by atoms with E-state index in [1.54, 1.807) is 10.9 Å². The Morgan fingerprint density at radius 2 is 2.20 bits per heavy atom. The fraction of sp³-hybridized carbons (Fsp3) is 0.556. The molecule has 25 heavy (non-hydrogen) atoms. The molecule has 0 aromatic carbocycles. The molecule has 2 aliphatic rings. The maximum atomic E-state index is 12.6. The molecule has 2 fully saturated rings. The third kappa shape index (κ3) is 2.99. The van der Waals surface area contributed by atoms with Crippen LogP contribution in [-0.4, -0.2) is 56.7 Å². The lowest BCUT2D eigenvalue weighted by atomic mass is 9.83. The second kappa shape index (κ2) is 5.82. The molecular weight excluding hydrogens is 316 g/mol. The number of carbonyl (C=O) groups excluding carboxylic acids is 1. The Hall–Kier alpha value is -2.44. The highest BCUT2D eigenvalue weighted by molar-refractivity contribution is 5.79. The number of aryl methyl sites for hydroxylation is 2. The third-order valence-electron chi connectivity index (χ3n) is 5.50. The van der Waals surface area contributed by atoms with Gasteiger partial charge in [-0.15, -0.1) is 0 Å². The maximum Gasteiger partial charge on any atom is 0.227 e. The largest absolute Gasteiger partial charge is 0.341 e. The van der Waals surface area contributed by atoms with E-state index in [2.05, 4.69) is 26.9 Å². The number of nitrogens with zero attached hydrogens (tertiary/aromatic N) is 6. The van der Waals surface area contributed by atoms with Gasteiger partial charge in [-0.1, -0.05) is 6.92 Å². The molecule has 0 radical (unpaired) electrons. The standard InChI is InChI=1S/C18H24N6O/c1-13-4-5-19-17(21-13)24-10-15-9-23(11-18(15,2)12-24)16(25)6-14-7-20-22(3)8-14/h4-5,7-8,15H,6,9-12H2,1-3H3/t15-,18+/m0/s1. The van der Waals surface area contributed by atoms with Gasteiger partial charge in [0.2, 0.25) is 11.9 Å². The number of fused-ring (bicyclic) bond motifs is 1. The predicted molar refractivity (Wildman–Crippen MR) is 94.1 cm³/mol. The molecule has 7 heteroatoms. The van der Waals surface area contributed by atoms with Crippen LogP contribution in [0.1, 0.15) is 18.2 Å². The minimum Gasteiger partial charge on any atom is -0.341 e. The first-order chi connectivity index (χ1) is 11.9. The minimum absolute atomic E-state index is 0.109. The summed E-state index contributed by atoms with van der Waals surface area (Å²) in [6.07, 6.45) is 5.93. The van der Waals surface area contributed by atoms with Gasteiger partial charge in [0.15, 0.2) is 0 Å². The quantitative estimate of drug-likeness (QED) is 0.835. The topological polar surface area (TPSA) is 67.2 Å². The van der Waals surface area contributed by atoms with E-state index in [0.717, 1.165) is 43.4 Å². The Morgan fingerprint density at radius 3 is 2.88 bits per heavy atom. The monoisotopic (exact) mass is 340 g/mol. The number of anilines is 1. The van der Waals surface area contributed by atoms with E-state index < -0.39 is 0 Å². The van der Waals surface area contributed by atoms with E-state index in [4.69, 9.17) is 0 Å². The van der Waals surface area contributed by atoms with Gasteiger partial charge in [0, 0.05) is 62.6 Å². The molecule has 132 valence electrons. The Labute approximate surface area is 147 Å². The van der Waals surface area contributed by atoms with Gasteiger partial charge in [-0.05, 0) is 18.6 Å². The van der Waals surface area contributed by atoms with Crippen LogP contribution in [0.3, 0.4) is 0 Å².